The fourth-order valence-corrected chi connectivity index (χ4v) is 2.53. The number of nitrogens with zero attached hydrogens (tertiary/aromatic N) is 1. The van der Waals surface area contributed by atoms with Gasteiger partial charge in [-0.1, -0.05) is 11.6 Å². The number of nitrogens with two attached hydrogens (primary N) is 1. The summed E-state index contributed by atoms with van der Waals surface area (Å²) in [5.41, 5.74) is 5.69. The number of halogens is 2. The van der Waals surface area contributed by atoms with E-state index in [1.54, 1.807) is 6.92 Å². The van der Waals surface area contributed by atoms with Gasteiger partial charge in [-0.25, -0.2) is 13.1 Å². The van der Waals surface area contributed by atoms with Gasteiger partial charge < -0.3 is 5.73 Å². The molecule has 0 fully saturated rings. The molecule has 0 spiro atoms. The van der Waals surface area contributed by atoms with Gasteiger partial charge in [-0.2, -0.15) is 5.26 Å². The van der Waals surface area contributed by atoms with Crippen LogP contribution in [0.2, 0.25) is 5.02 Å². The zero-order valence-electron chi connectivity index (χ0n) is 9.55. The lowest BCUT2D eigenvalue weighted by Gasteiger charge is -2.09. The average Bonchev–Trinajstić information content (AvgIpc) is 2.26. The van der Waals surface area contributed by atoms with Crippen molar-refractivity contribution in [2.75, 3.05) is 6.54 Å². The molecule has 1 rings (SSSR count). The second-order valence-electron chi connectivity index (χ2n) is 3.58. The van der Waals surface area contributed by atoms with Crippen LogP contribution in [0.5, 0.6) is 0 Å². The molecule has 1 aromatic rings. The van der Waals surface area contributed by atoms with Crippen molar-refractivity contribution in [3.8, 4) is 6.07 Å². The number of benzene rings is 1. The average molecular weight is 310 g/mol. The van der Waals surface area contributed by atoms with Crippen LogP contribution in [-0.2, 0) is 10.0 Å². The Kier molecular flexibility index (Phi) is 6.60. The third-order valence-electron chi connectivity index (χ3n) is 1.97. The van der Waals surface area contributed by atoms with Crippen LogP contribution in [0.1, 0.15) is 12.5 Å². The number of hydrogen-bond acceptors (Lipinski definition) is 4. The molecule has 3 N–H and O–H groups in total. The number of rotatable bonds is 4. The van der Waals surface area contributed by atoms with Crippen LogP contribution in [0.3, 0.4) is 0 Å². The summed E-state index contributed by atoms with van der Waals surface area (Å²) in [5.74, 6) is 0. The van der Waals surface area contributed by atoms with E-state index >= 15 is 0 Å². The molecule has 0 bridgehead atoms. The SMILES string of the molecule is CC(N)CNS(=O)(=O)c1ccc(C#N)c(Cl)c1.Cl. The van der Waals surface area contributed by atoms with Crippen LogP contribution in [-0.4, -0.2) is 21.0 Å². The minimum absolute atomic E-state index is 0. The fraction of sp³-hybridized carbons (Fsp3) is 0.300. The molecule has 0 saturated carbocycles. The van der Waals surface area contributed by atoms with Crippen LogP contribution < -0.4 is 10.5 Å². The van der Waals surface area contributed by atoms with E-state index in [1.165, 1.54) is 18.2 Å². The van der Waals surface area contributed by atoms with Crippen molar-refractivity contribution in [3.05, 3.63) is 28.8 Å². The maximum Gasteiger partial charge on any atom is 0.240 e. The van der Waals surface area contributed by atoms with Crippen molar-refractivity contribution < 1.29 is 8.42 Å². The molecule has 0 heterocycles. The van der Waals surface area contributed by atoms with Gasteiger partial charge in [0.1, 0.15) is 6.07 Å². The standard InChI is InChI=1S/C10H12ClN3O2S.ClH/c1-7(13)6-14-17(15,16)9-3-2-8(5-12)10(11)4-9;/h2-4,7,14H,6,13H2,1H3;1H. The molecule has 18 heavy (non-hydrogen) atoms. The van der Waals surface area contributed by atoms with Crippen molar-refractivity contribution in [3.63, 3.8) is 0 Å². The molecule has 1 aromatic carbocycles. The normalized spacial score (nSPS) is 12.3. The first kappa shape index (κ1) is 17.2. The molecular weight excluding hydrogens is 297 g/mol. The van der Waals surface area contributed by atoms with E-state index in [2.05, 4.69) is 4.72 Å². The van der Waals surface area contributed by atoms with E-state index in [9.17, 15) is 8.42 Å². The summed E-state index contributed by atoms with van der Waals surface area (Å²) in [4.78, 5) is 0.0159. The first-order valence-electron chi connectivity index (χ1n) is 4.81. The van der Waals surface area contributed by atoms with Gasteiger partial charge >= 0.3 is 0 Å². The van der Waals surface area contributed by atoms with Crippen molar-refractivity contribution in [2.24, 2.45) is 5.73 Å². The lowest BCUT2D eigenvalue weighted by Crippen LogP contribution is -2.35. The smallest absolute Gasteiger partial charge is 0.240 e. The molecule has 100 valence electrons. The molecule has 0 radical (unpaired) electrons. The van der Waals surface area contributed by atoms with E-state index in [-0.39, 0.29) is 40.5 Å². The Bertz CT molecular complexity index is 553. The first-order valence-corrected chi connectivity index (χ1v) is 6.68. The Labute approximate surface area is 117 Å². The van der Waals surface area contributed by atoms with E-state index in [0.717, 1.165) is 0 Å². The van der Waals surface area contributed by atoms with Crippen molar-refractivity contribution in [1.82, 2.24) is 4.72 Å². The Morgan fingerprint density at radius 1 is 1.56 bits per heavy atom. The summed E-state index contributed by atoms with van der Waals surface area (Å²) in [6.45, 7) is 1.83. The minimum Gasteiger partial charge on any atom is -0.327 e. The largest absolute Gasteiger partial charge is 0.327 e. The van der Waals surface area contributed by atoms with Gasteiger partial charge in [-0.15, -0.1) is 12.4 Å². The van der Waals surface area contributed by atoms with Crippen LogP contribution in [0.15, 0.2) is 23.1 Å². The maximum absolute atomic E-state index is 11.8. The van der Waals surface area contributed by atoms with E-state index in [1.807, 2.05) is 6.07 Å². The Hall–Kier alpha value is -0.840. The van der Waals surface area contributed by atoms with E-state index in [4.69, 9.17) is 22.6 Å². The first-order chi connectivity index (χ1) is 7.86. The monoisotopic (exact) mass is 309 g/mol. The summed E-state index contributed by atoms with van der Waals surface area (Å²) in [6.07, 6.45) is 0. The third kappa shape index (κ3) is 4.44. The number of nitrogens with one attached hydrogen (secondary N) is 1. The molecule has 0 aliphatic rings. The highest BCUT2D eigenvalue weighted by molar-refractivity contribution is 7.89. The van der Waals surface area contributed by atoms with E-state index < -0.39 is 10.0 Å². The summed E-state index contributed by atoms with van der Waals surface area (Å²) in [6, 6.07) is 5.51. The summed E-state index contributed by atoms with van der Waals surface area (Å²) in [7, 11) is -3.63. The van der Waals surface area contributed by atoms with Gasteiger partial charge in [0.25, 0.3) is 0 Å². The van der Waals surface area contributed by atoms with Crippen molar-refractivity contribution in [2.45, 2.75) is 17.9 Å². The second-order valence-corrected chi connectivity index (χ2v) is 5.76. The molecular formula is C10H13Cl2N3O2S. The van der Waals surface area contributed by atoms with Crippen LogP contribution in [0.4, 0.5) is 0 Å². The quantitative estimate of drug-likeness (QED) is 0.875. The maximum atomic E-state index is 11.8. The highest BCUT2D eigenvalue weighted by atomic mass is 35.5. The summed E-state index contributed by atoms with van der Waals surface area (Å²) in [5, 5.41) is 8.78. The lowest BCUT2D eigenvalue weighted by atomic mass is 10.2. The molecule has 0 aliphatic carbocycles. The van der Waals surface area contributed by atoms with Crippen LogP contribution in [0, 0.1) is 11.3 Å². The molecule has 1 unspecified atom stereocenters. The predicted octanol–water partition coefficient (Wildman–Crippen LogP) is 1.26. The van der Waals surface area contributed by atoms with Crippen molar-refractivity contribution >= 4 is 34.0 Å². The molecule has 5 nitrogen and oxygen atoms in total. The number of sulfonamides is 1. The zero-order chi connectivity index (χ0) is 13.1. The minimum atomic E-state index is -3.63. The van der Waals surface area contributed by atoms with Gasteiger partial charge in [0.15, 0.2) is 0 Å². The Morgan fingerprint density at radius 3 is 2.61 bits per heavy atom. The Balaban J connectivity index is 0.00000289. The second kappa shape index (κ2) is 6.92. The molecule has 0 amide bonds. The topological polar surface area (TPSA) is 96.0 Å². The predicted molar refractivity (Wildman–Crippen MR) is 72.3 cm³/mol. The van der Waals surface area contributed by atoms with Gasteiger partial charge in [0.05, 0.1) is 15.5 Å². The van der Waals surface area contributed by atoms with Crippen LogP contribution in [0.25, 0.3) is 0 Å². The molecule has 1 atom stereocenters. The van der Waals surface area contributed by atoms with Gasteiger partial charge in [-0.3, -0.25) is 0 Å². The molecule has 0 aliphatic heterocycles. The van der Waals surface area contributed by atoms with Crippen LogP contribution >= 0.6 is 24.0 Å². The molecule has 8 heteroatoms. The van der Waals surface area contributed by atoms with Gasteiger partial charge in [0, 0.05) is 12.6 Å². The summed E-state index contributed by atoms with van der Waals surface area (Å²) >= 11 is 5.76. The fourth-order valence-electron chi connectivity index (χ4n) is 1.08. The Morgan fingerprint density at radius 2 is 2.17 bits per heavy atom. The van der Waals surface area contributed by atoms with Gasteiger partial charge in [0.2, 0.25) is 10.0 Å². The van der Waals surface area contributed by atoms with Crippen molar-refractivity contribution in [1.29, 1.82) is 5.26 Å². The molecule has 0 saturated heterocycles. The third-order valence-corrected chi connectivity index (χ3v) is 3.70. The zero-order valence-corrected chi connectivity index (χ0v) is 11.9. The van der Waals surface area contributed by atoms with E-state index in [0.29, 0.717) is 0 Å². The van der Waals surface area contributed by atoms with Gasteiger partial charge in [-0.05, 0) is 25.1 Å². The highest BCUT2D eigenvalue weighted by Crippen LogP contribution is 2.19. The molecule has 0 aromatic heterocycles. The number of nitriles is 1. The highest BCUT2D eigenvalue weighted by Gasteiger charge is 2.15. The number of hydrogen-bond donors (Lipinski definition) is 2. The lowest BCUT2D eigenvalue weighted by molar-refractivity contribution is 0.574. The summed E-state index contributed by atoms with van der Waals surface area (Å²) < 4.78 is 25.9.